The van der Waals surface area contributed by atoms with Crippen LogP contribution in [-0.4, -0.2) is 17.7 Å². The molecule has 7 heteroatoms. The minimum absolute atomic E-state index is 0.0316. The standard InChI is InChI=1S/C16H18F2N2O2S/c1-10(11-5-6-12(17)13(18)8-11)20-15(21)19-9-16(2,22)14-4-3-7-23-14/h3-8,10,22H,9H2,1-2H3,(H2,19,20,21)/t10-,16+/m0/s1. The van der Waals surface area contributed by atoms with Crippen LogP contribution >= 0.6 is 11.3 Å². The molecular formula is C16H18F2N2O2S. The average molecular weight is 340 g/mol. The van der Waals surface area contributed by atoms with Crippen LogP contribution in [0, 0.1) is 11.6 Å². The summed E-state index contributed by atoms with van der Waals surface area (Å²) in [5.41, 5.74) is -0.722. The number of hydrogen-bond acceptors (Lipinski definition) is 3. The van der Waals surface area contributed by atoms with E-state index >= 15 is 0 Å². The highest BCUT2D eigenvalue weighted by Gasteiger charge is 2.25. The molecule has 0 saturated carbocycles. The molecule has 1 aromatic heterocycles. The van der Waals surface area contributed by atoms with Crippen LogP contribution in [0.15, 0.2) is 35.7 Å². The number of carbonyl (C=O) groups is 1. The monoisotopic (exact) mass is 340 g/mol. The first kappa shape index (κ1) is 17.4. The third-order valence-electron chi connectivity index (χ3n) is 3.44. The van der Waals surface area contributed by atoms with Gasteiger partial charge in [-0.05, 0) is 43.0 Å². The Morgan fingerprint density at radius 1 is 1.35 bits per heavy atom. The maximum absolute atomic E-state index is 13.2. The lowest BCUT2D eigenvalue weighted by molar-refractivity contribution is 0.0630. The summed E-state index contributed by atoms with van der Waals surface area (Å²) in [6, 6.07) is 6.07. The van der Waals surface area contributed by atoms with E-state index in [1.807, 2.05) is 11.4 Å². The zero-order valence-electron chi connectivity index (χ0n) is 12.8. The van der Waals surface area contributed by atoms with Crippen molar-refractivity contribution in [1.29, 1.82) is 0 Å². The SMILES string of the molecule is C[C@H](NC(=O)NC[C@@](C)(O)c1cccs1)c1ccc(F)c(F)c1. The van der Waals surface area contributed by atoms with Crippen molar-refractivity contribution in [3.8, 4) is 0 Å². The van der Waals surface area contributed by atoms with Crippen molar-refractivity contribution in [2.45, 2.75) is 25.5 Å². The number of hydrogen-bond donors (Lipinski definition) is 3. The summed E-state index contributed by atoms with van der Waals surface area (Å²) in [6.07, 6.45) is 0. The van der Waals surface area contributed by atoms with E-state index in [2.05, 4.69) is 10.6 Å². The first-order valence-electron chi connectivity index (χ1n) is 7.05. The molecule has 0 fully saturated rings. The molecule has 4 nitrogen and oxygen atoms in total. The summed E-state index contributed by atoms with van der Waals surface area (Å²) in [7, 11) is 0. The Labute approximate surface area is 137 Å². The lowest BCUT2D eigenvalue weighted by atomic mass is 10.1. The summed E-state index contributed by atoms with van der Waals surface area (Å²) in [5, 5.41) is 17.4. The second kappa shape index (κ2) is 7.06. The molecular weight excluding hydrogens is 322 g/mol. The minimum Gasteiger partial charge on any atom is -0.383 e. The van der Waals surface area contributed by atoms with Crippen LogP contribution in [0.4, 0.5) is 13.6 Å². The van der Waals surface area contributed by atoms with Crippen molar-refractivity contribution in [2.24, 2.45) is 0 Å². The number of halogens is 2. The molecule has 2 rings (SSSR count). The van der Waals surface area contributed by atoms with Gasteiger partial charge in [-0.3, -0.25) is 0 Å². The first-order valence-corrected chi connectivity index (χ1v) is 7.93. The molecule has 124 valence electrons. The highest BCUT2D eigenvalue weighted by molar-refractivity contribution is 7.10. The zero-order valence-corrected chi connectivity index (χ0v) is 13.6. The Morgan fingerprint density at radius 3 is 2.70 bits per heavy atom. The van der Waals surface area contributed by atoms with Gasteiger partial charge >= 0.3 is 6.03 Å². The van der Waals surface area contributed by atoms with Gasteiger partial charge in [0.25, 0.3) is 0 Å². The molecule has 1 aromatic carbocycles. The van der Waals surface area contributed by atoms with Crippen LogP contribution in [0.3, 0.4) is 0 Å². The first-order chi connectivity index (χ1) is 10.8. The molecule has 2 amide bonds. The summed E-state index contributed by atoms with van der Waals surface area (Å²) >= 11 is 1.40. The molecule has 2 aromatic rings. The van der Waals surface area contributed by atoms with Gasteiger partial charge in [-0.2, -0.15) is 0 Å². The van der Waals surface area contributed by atoms with Gasteiger partial charge in [0.05, 0.1) is 12.6 Å². The Balaban J connectivity index is 1.90. The summed E-state index contributed by atoms with van der Waals surface area (Å²) in [6.45, 7) is 3.30. The van der Waals surface area contributed by atoms with Crippen LogP contribution in [-0.2, 0) is 5.60 Å². The Kier molecular flexibility index (Phi) is 5.33. The maximum Gasteiger partial charge on any atom is 0.315 e. The number of carbonyl (C=O) groups excluding carboxylic acids is 1. The smallest absolute Gasteiger partial charge is 0.315 e. The molecule has 0 aliphatic rings. The molecule has 0 saturated heterocycles. The number of urea groups is 1. The van der Waals surface area contributed by atoms with Gasteiger partial charge in [-0.1, -0.05) is 12.1 Å². The van der Waals surface area contributed by atoms with Gasteiger partial charge < -0.3 is 15.7 Å². The normalized spacial score (nSPS) is 14.8. The molecule has 3 N–H and O–H groups in total. The zero-order chi connectivity index (χ0) is 17.0. The van der Waals surface area contributed by atoms with Crippen molar-refractivity contribution in [3.05, 3.63) is 57.8 Å². The number of thiophene rings is 1. The lowest BCUT2D eigenvalue weighted by Gasteiger charge is -2.23. The van der Waals surface area contributed by atoms with Crippen LogP contribution in [0.2, 0.25) is 0 Å². The third kappa shape index (κ3) is 4.49. The molecule has 0 bridgehead atoms. The molecule has 1 heterocycles. The van der Waals surface area contributed by atoms with E-state index in [0.29, 0.717) is 5.56 Å². The largest absolute Gasteiger partial charge is 0.383 e. The van der Waals surface area contributed by atoms with Crippen molar-refractivity contribution < 1.29 is 18.7 Å². The highest BCUT2D eigenvalue weighted by Crippen LogP contribution is 2.24. The summed E-state index contributed by atoms with van der Waals surface area (Å²) in [5.74, 6) is -1.89. The molecule has 23 heavy (non-hydrogen) atoms. The second-order valence-corrected chi connectivity index (χ2v) is 6.42. The van der Waals surface area contributed by atoms with Crippen LogP contribution in [0.1, 0.15) is 30.3 Å². The highest BCUT2D eigenvalue weighted by atomic mass is 32.1. The van der Waals surface area contributed by atoms with Crippen LogP contribution < -0.4 is 10.6 Å². The van der Waals surface area contributed by atoms with E-state index in [-0.39, 0.29) is 6.54 Å². The summed E-state index contributed by atoms with van der Waals surface area (Å²) in [4.78, 5) is 12.6. The third-order valence-corrected chi connectivity index (χ3v) is 4.56. The average Bonchev–Trinajstić information content (AvgIpc) is 3.03. The molecule has 0 radical (unpaired) electrons. The van der Waals surface area contributed by atoms with Gasteiger partial charge in [-0.25, -0.2) is 13.6 Å². The van der Waals surface area contributed by atoms with Crippen LogP contribution in [0.25, 0.3) is 0 Å². The van der Waals surface area contributed by atoms with E-state index in [1.165, 1.54) is 17.4 Å². The Morgan fingerprint density at radius 2 is 2.09 bits per heavy atom. The number of amides is 2. The van der Waals surface area contributed by atoms with E-state index in [1.54, 1.807) is 19.9 Å². The van der Waals surface area contributed by atoms with E-state index in [0.717, 1.165) is 17.0 Å². The number of nitrogens with one attached hydrogen (secondary N) is 2. The lowest BCUT2D eigenvalue weighted by Crippen LogP contribution is -2.43. The predicted molar refractivity (Wildman–Crippen MR) is 85.2 cm³/mol. The number of benzene rings is 1. The summed E-state index contributed by atoms with van der Waals surface area (Å²) < 4.78 is 26.1. The van der Waals surface area contributed by atoms with Gasteiger partial charge in [0.15, 0.2) is 11.6 Å². The molecule has 0 aliphatic heterocycles. The Hall–Kier alpha value is -1.99. The fourth-order valence-electron chi connectivity index (χ4n) is 2.04. The van der Waals surface area contributed by atoms with Gasteiger partial charge in [0, 0.05) is 4.88 Å². The van der Waals surface area contributed by atoms with E-state index in [9.17, 15) is 18.7 Å². The quantitative estimate of drug-likeness (QED) is 0.782. The molecule has 0 spiro atoms. The fraction of sp³-hybridized carbons (Fsp3) is 0.312. The van der Waals surface area contributed by atoms with Gasteiger partial charge in [-0.15, -0.1) is 11.3 Å². The van der Waals surface area contributed by atoms with Gasteiger partial charge in [0.1, 0.15) is 5.60 Å². The van der Waals surface area contributed by atoms with E-state index in [4.69, 9.17) is 0 Å². The van der Waals surface area contributed by atoms with Crippen LogP contribution in [0.5, 0.6) is 0 Å². The minimum atomic E-state index is -1.17. The topological polar surface area (TPSA) is 61.4 Å². The fourth-order valence-corrected chi connectivity index (χ4v) is 2.82. The number of rotatable bonds is 5. The Bertz CT molecular complexity index is 675. The van der Waals surface area contributed by atoms with Crippen molar-refractivity contribution in [2.75, 3.05) is 6.54 Å². The molecule has 2 atom stereocenters. The molecule has 0 unspecified atom stereocenters. The van der Waals surface area contributed by atoms with Crippen molar-refractivity contribution in [3.63, 3.8) is 0 Å². The maximum atomic E-state index is 13.2. The van der Waals surface area contributed by atoms with Gasteiger partial charge in [0.2, 0.25) is 0 Å². The number of aliphatic hydroxyl groups is 1. The predicted octanol–water partition coefficient (Wildman–Crippen LogP) is 3.29. The van der Waals surface area contributed by atoms with E-state index < -0.39 is 29.3 Å². The van der Waals surface area contributed by atoms with Crippen molar-refractivity contribution >= 4 is 17.4 Å². The molecule has 0 aliphatic carbocycles. The second-order valence-electron chi connectivity index (χ2n) is 5.47. The van der Waals surface area contributed by atoms with Crippen molar-refractivity contribution in [1.82, 2.24) is 10.6 Å².